The molecule has 2 rings (SSSR count). The Morgan fingerprint density at radius 1 is 1.26 bits per heavy atom. The Hall–Kier alpha value is -1.33. The van der Waals surface area contributed by atoms with E-state index < -0.39 is 0 Å². The van der Waals surface area contributed by atoms with Crippen LogP contribution in [0.3, 0.4) is 0 Å². The lowest BCUT2D eigenvalue weighted by Crippen LogP contribution is -2.10. The van der Waals surface area contributed by atoms with Gasteiger partial charge in [0.15, 0.2) is 18.1 Å². The molecule has 0 unspecified atom stereocenters. The van der Waals surface area contributed by atoms with Gasteiger partial charge in [-0.05, 0) is 52.7 Å². The van der Waals surface area contributed by atoms with E-state index in [0.29, 0.717) is 16.4 Å². The van der Waals surface area contributed by atoms with Crippen molar-refractivity contribution in [2.75, 3.05) is 13.7 Å². The molecule has 0 fully saturated rings. The van der Waals surface area contributed by atoms with E-state index in [9.17, 15) is 4.79 Å². The first-order valence-electron chi connectivity index (χ1n) is 5.66. The molecule has 5 heteroatoms. The number of Topliss-reactive ketones (excluding diaryl/α,β-unsaturated/α-hetero) is 1. The number of thiophene rings is 1. The van der Waals surface area contributed by atoms with Crippen LogP contribution in [0, 0.1) is 6.92 Å². The number of benzene rings is 1. The zero-order valence-corrected chi connectivity index (χ0v) is 13.0. The van der Waals surface area contributed by atoms with Gasteiger partial charge in [-0.1, -0.05) is 6.07 Å². The average molecular weight is 341 g/mol. The topological polar surface area (TPSA) is 35.5 Å². The fourth-order valence-corrected chi connectivity index (χ4v) is 2.88. The van der Waals surface area contributed by atoms with Gasteiger partial charge in [0.25, 0.3) is 0 Å². The summed E-state index contributed by atoms with van der Waals surface area (Å²) in [5.74, 6) is 1.18. The van der Waals surface area contributed by atoms with Crippen molar-refractivity contribution >= 4 is 33.0 Å². The van der Waals surface area contributed by atoms with Crippen molar-refractivity contribution in [2.24, 2.45) is 0 Å². The van der Waals surface area contributed by atoms with Crippen LogP contribution < -0.4 is 9.47 Å². The van der Waals surface area contributed by atoms with Crippen LogP contribution in [0.1, 0.15) is 15.2 Å². The van der Waals surface area contributed by atoms with Crippen LogP contribution in [0.4, 0.5) is 0 Å². The third-order valence-corrected chi connectivity index (χ3v) is 4.19. The minimum Gasteiger partial charge on any atom is -0.493 e. The van der Waals surface area contributed by atoms with Gasteiger partial charge in [0, 0.05) is 0 Å². The van der Waals surface area contributed by atoms with E-state index in [2.05, 4.69) is 15.9 Å². The van der Waals surface area contributed by atoms with Crippen LogP contribution in [0.15, 0.2) is 34.1 Å². The molecule has 0 saturated carbocycles. The van der Waals surface area contributed by atoms with E-state index in [1.807, 2.05) is 31.2 Å². The van der Waals surface area contributed by atoms with Gasteiger partial charge in [-0.25, -0.2) is 0 Å². The monoisotopic (exact) mass is 340 g/mol. The summed E-state index contributed by atoms with van der Waals surface area (Å²) in [5, 5.41) is 0. The van der Waals surface area contributed by atoms with Gasteiger partial charge in [0.1, 0.15) is 0 Å². The van der Waals surface area contributed by atoms with Crippen molar-refractivity contribution in [1.29, 1.82) is 0 Å². The summed E-state index contributed by atoms with van der Waals surface area (Å²) in [6.45, 7) is 1.98. The molecule has 19 heavy (non-hydrogen) atoms. The maximum Gasteiger partial charge on any atom is 0.210 e. The minimum absolute atomic E-state index is 0.00632. The maximum absolute atomic E-state index is 11.9. The van der Waals surface area contributed by atoms with E-state index in [1.165, 1.54) is 11.3 Å². The Morgan fingerprint density at radius 2 is 2.05 bits per heavy atom. The Kier molecular flexibility index (Phi) is 4.61. The lowest BCUT2D eigenvalue weighted by molar-refractivity contribution is 0.0923. The highest BCUT2D eigenvalue weighted by Gasteiger charge is 2.11. The van der Waals surface area contributed by atoms with Crippen molar-refractivity contribution in [1.82, 2.24) is 0 Å². The number of ketones is 1. The van der Waals surface area contributed by atoms with Gasteiger partial charge in [-0.3, -0.25) is 4.79 Å². The maximum atomic E-state index is 11.9. The van der Waals surface area contributed by atoms with Crippen molar-refractivity contribution < 1.29 is 14.3 Å². The predicted octanol–water partition coefficient (Wildman–Crippen LogP) is 4.09. The van der Waals surface area contributed by atoms with Crippen LogP contribution >= 0.6 is 27.3 Å². The molecule has 100 valence electrons. The first kappa shape index (κ1) is 14.1. The molecule has 0 aliphatic heterocycles. The highest BCUT2D eigenvalue weighted by atomic mass is 79.9. The number of carbonyl (C=O) groups is 1. The van der Waals surface area contributed by atoms with E-state index in [1.54, 1.807) is 13.2 Å². The molecule has 1 heterocycles. The SMILES string of the molecule is COc1cc(C)ccc1OCC(=O)c1ccc(Br)s1. The highest BCUT2D eigenvalue weighted by molar-refractivity contribution is 9.11. The number of methoxy groups -OCH3 is 1. The molecule has 0 aliphatic carbocycles. The number of ether oxygens (including phenoxy) is 2. The molecule has 3 nitrogen and oxygen atoms in total. The van der Waals surface area contributed by atoms with Gasteiger partial charge in [0.2, 0.25) is 5.78 Å². The standard InChI is InChI=1S/C14H13BrO3S/c1-9-3-4-11(12(7-9)17-2)18-8-10(16)13-5-6-14(15)19-13/h3-7H,8H2,1-2H3. The highest BCUT2D eigenvalue weighted by Crippen LogP contribution is 2.28. The van der Waals surface area contributed by atoms with E-state index in [-0.39, 0.29) is 12.4 Å². The summed E-state index contributed by atoms with van der Waals surface area (Å²) in [7, 11) is 1.58. The first-order valence-corrected chi connectivity index (χ1v) is 7.27. The quantitative estimate of drug-likeness (QED) is 0.769. The normalized spacial score (nSPS) is 10.3. The predicted molar refractivity (Wildman–Crippen MR) is 79.6 cm³/mol. The summed E-state index contributed by atoms with van der Waals surface area (Å²) in [5.41, 5.74) is 1.08. The largest absolute Gasteiger partial charge is 0.493 e. The lowest BCUT2D eigenvalue weighted by atomic mass is 10.2. The molecule has 2 aromatic rings. The Balaban J connectivity index is 2.04. The van der Waals surface area contributed by atoms with Gasteiger partial charge in [-0.2, -0.15) is 0 Å². The summed E-state index contributed by atoms with van der Waals surface area (Å²) < 4.78 is 11.7. The van der Waals surface area contributed by atoms with E-state index >= 15 is 0 Å². The molecule has 1 aromatic carbocycles. The number of hydrogen-bond acceptors (Lipinski definition) is 4. The van der Waals surface area contributed by atoms with Gasteiger partial charge >= 0.3 is 0 Å². The van der Waals surface area contributed by atoms with Crippen LogP contribution in [0.25, 0.3) is 0 Å². The summed E-state index contributed by atoms with van der Waals surface area (Å²) in [4.78, 5) is 12.6. The second-order valence-electron chi connectivity index (χ2n) is 3.97. The molecular weight excluding hydrogens is 328 g/mol. The summed E-state index contributed by atoms with van der Waals surface area (Å²) >= 11 is 4.73. The molecular formula is C14H13BrO3S. The summed E-state index contributed by atoms with van der Waals surface area (Å²) in [6.07, 6.45) is 0. The zero-order valence-electron chi connectivity index (χ0n) is 10.6. The van der Waals surface area contributed by atoms with Crippen LogP contribution in [0.2, 0.25) is 0 Å². The molecule has 0 radical (unpaired) electrons. The van der Waals surface area contributed by atoms with Crippen molar-refractivity contribution in [3.05, 3.63) is 44.6 Å². The molecule has 0 atom stereocenters. The van der Waals surface area contributed by atoms with Crippen LogP contribution in [0.5, 0.6) is 11.5 Å². The number of aryl methyl sites for hydroxylation is 1. The number of carbonyl (C=O) groups excluding carboxylic acids is 1. The third-order valence-electron chi connectivity index (χ3n) is 2.53. The van der Waals surface area contributed by atoms with Crippen LogP contribution in [-0.4, -0.2) is 19.5 Å². The van der Waals surface area contributed by atoms with Gasteiger partial charge < -0.3 is 9.47 Å². The second kappa shape index (κ2) is 6.21. The number of rotatable bonds is 5. The van der Waals surface area contributed by atoms with Crippen LogP contribution in [-0.2, 0) is 0 Å². The fourth-order valence-electron chi connectivity index (χ4n) is 1.57. The van der Waals surface area contributed by atoms with Crippen molar-refractivity contribution in [2.45, 2.75) is 6.92 Å². The average Bonchev–Trinajstić information content (AvgIpc) is 2.83. The van der Waals surface area contributed by atoms with Crippen molar-refractivity contribution in [3.8, 4) is 11.5 Å². The fraction of sp³-hybridized carbons (Fsp3) is 0.214. The Morgan fingerprint density at radius 3 is 2.68 bits per heavy atom. The smallest absolute Gasteiger partial charge is 0.210 e. The number of hydrogen-bond donors (Lipinski definition) is 0. The zero-order chi connectivity index (χ0) is 13.8. The van der Waals surface area contributed by atoms with Crippen molar-refractivity contribution in [3.63, 3.8) is 0 Å². The van der Waals surface area contributed by atoms with Gasteiger partial charge in [-0.15, -0.1) is 11.3 Å². The lowest BCUT2D eigenvalue weighted by Gasteiger charge is -2.10. The third kappa shape index (κ3) is 3.58. The molecule has 0 amide bonds. The molecule has 0 N–H and O–H groups in total. The van der Waals surface area contributed by atoms with Gasteiger partial charge in [0.05, 0.1) is 15.8 Å². The Labute approximate surface area is 124 Å². The number of halogens is 1. The molecule has 0 saturated heterocycles. The molecule has 0 aliphatic rings. The second-order valence-corrected chi connectivity index (χ2v) is 6.43. The summed E-state index contributed by atoms with van der Waals surface area (Å²) in [6, 6.07) is 9.24. The Bertz CT molecular complexity index is 592. The molecule has 0 bridgehead atoms. The first-order chi connectivity index (χ1) is 9.10. The van der Waals surface area contributed by atoms with E-state index in [0.717, 1.165) is 9.35 Å². The minimum atomic E-state index is -0.0432. The van der Waals surface area contributed by atoms with E-state index in [4.69, 9.17) is 9.47 Å². The molecule has 0 spiro atoms. The molecule has 1 aromatic heterocycles.